The van der Waals surface area contributed by atoms with E-state index < -0.39 is 21.1 Å². The van der Waals surface area contributed by atoms with Gasteiger partial charge in [-0.05, 0) is 0 Å². The van der Waals surface area contributed by atoms with Crippen LogP contribution in [0.1, 0.15) is 27.7 Å². The zero-order valence-electron chi connectivity index (χ0n) is 11.1. The molecule has 2 atom stereocenters. The Morgan fingerprint density at radius 2 is 1.29 bits per heavy atom. The van der Waals surface area contributed by atoms with E-state index in [9.17, 15) is 9.59 Å². The molecule has 5 heteroatoms. The van der Waals surface area contributed by atoms with E-state index in [4.69, 9.17) is 9.47 Å². The van der Waals surface area contributed by atoms with E-state index in [-0.39, 0.29) is 23.8 Å². The second-order valence-corrected chi connectivity index (χ2v) is 7.72. The van der Waals surface area contributed by atoms with Gasteiger partial charge in [0.2, 0.25) is 0 Å². The monoisotopic (exact) mass is 350 g/mol. The van der Waals surface area contributed by atoms with Gasteiger partial charge < -0.3 is 0 Å². The zero-order chi connectivity index (χ0) is 13.3. The summed E-state index contributed by atoms with van der Waals surface area (Å²) in [6, 6.07) is 0. The molecule has 0 aromatic heterocycles. The summed E-state index contributed by atoms with van der Waals surface area (Å²) in [5.74, 6) is -0.263. The van der Waals surface area contributed by atoms with Crippen LogP contribution in [0.5, 0.6) is 0 Å². The van der Waals surface area contributed by atoms with Crippen LogP contribution in [0.2, 0.25) is 8.87 Å². The summed E-state index contributed by atoms with van der Waals surface area (Å²) in [6.07, 6.45) is 0. The Balaban J connectivity index is 3.75. The zero-order valence-corrected chi connectivity index (χ0v) is 14.0. The topological polar surface area (TPSA) is 52.6 Å². The molecule has 0 N–H and O–H groups in total. The number of carbonyl (C=O) groups excluding carboxylic acids is 2. The average molecular weight is 349 g/mol. The maximum absolute atomic E-state index is 11.4. The van der Waals surface area contributed by atoms with Crippen molar-refractivity contribution in [3.63, 3.8) is 0 Å². The molecule has 0 rings (SSSR count). The molecule has 4 nitrogen and oxygen atoms in total. The van der Waals surface area contributed by atoms with Crippen molar-refractivity contribution in [3.05, 3.63) is 0 Å². The van der Waals surface area contributed by atoms with Gasteiger partial charge in [0.25, 0.3) is 0 Å². The van der Waals surface area contributed by atoms with Gasteiger partial charge in [0.15, 0.2) is 0 Å². The van der Waals surface area contributed by atoms with Gasteiger partial charge in [-0.1, -0.05) is 0 Å². The molecule has 0 spiro atoms. The van der Waals surface area contributed by atoms with E-state index >= 15 is 0 Å². The van der Waals surface area contributed by atoms with Crippen LogP contribution in [0.15, 0.2) is 0 Å². The normalized spacial score (nSPS) is 13.4. The summed E-state index contributed by atoms with van der Waals surface area (Å²) in [5.41, 5.74) is 0. The second-order valence-electron chi connectivity index (χ2n) is 3.96. The Morgan fingerprint density at radius 3 is 1.59 bits per heavy atom. The fraction of sp³-hybridized carbons (Fsp3) is 0.833. The number of ether oxygens (including phenoxy) is 2. The standard InChI is InChI=1S/2C6H11O2.Sn/c2*1-4-8-6(7)5(2)3;/h2*5H,2,4H2,1,3H3;/q;;+2. The Bertz CT molecular complexity index is 219. The molecule has 2 unspecified atom stereocenters. The maximum atomic E-state index is 11.4. The first-order valence-corrected chi connectivity index (χ1v) is 10.1. The van der Waals surface area contributed by atoms with Crippen LogP contribution in [0.3, 0.4) is 0 Å². The van der Waals surface area contributed by atoms with Gasteiger partial charge in [0, 0.05) is 0 Å². The van der Waals surface area contributed by atoms with Crippen molar-refractivity contribution in [2.75, 3.05) is 13.2 Å². The molecule has 0 bridgehead atoms. The van der Waals surface area contributed by atoms with Crippen molar-refractivity contribution in [3.8, 4) is 0 Å². The minimum atomic E-state index is -0.682. The molecule has 0 fully saturated rings. The summed E-state index contributed by atoms with van der Waals surface area (Å²) >= 11 is -0.682. The fourth-order valence-electron chi connectivity index (χ4n) is 1.25. The van der Waals surface area contributed by atoms with Crippen LogP contribution in [0.25, 0.3) is 0 Å². The van der Waals surface area contributed by atoms with Crippen molar-refractivity contribution >= 4 is 33.1 Å². The third-order valence-corrected chi connectivity index (χ3v) is 7.42. The van der Waals surface area contributed by atoms with Gasteiger partial charge in [0.1, 0.15) is 0 Å². The van der Waals surface area contributed by atoms with Crippen molar-refractivity contribution in [1.29, 1.82) is 0 Å². The van der Waals surface area contributed by atoms with E-state index in [0.29, 0.717) is 13.2 Å². The SMILES string of the molecule is CCOC(=O)C(C)[CH2][Sn+2][CH2]C(C)C(=O)OCC. The summed E-state index contributed by atoms with van der Waals surface area (Å²) in [4.78, 5) is 22.7. The molecule has 0 saturated carbocycles. The fourth-order valence-corrected chi connectivity index (χ4v) is 5.15. The van der Waals surface area contributed by atoms with Crippen LogP contribution < -0.4 is 0 Å². The van der Waals surface area contributed by atoms with Gasteiger partial charge in [-0.25, -0.2) is 0 Å². The summed E-state index contributed by atoms with van der Waals surface area (Å²) in [6.45, 7) is 8.30. The summed E-state index contributed by atoms with van der Waals surface area (Å²) in [7, 11) is 0. The molecule has 96 valence electrons. The van der Waals surface area contributed by atoms with Crippen molar-refractivity contribution in [1.82, 2.24) is 0 Å². The van der Waals surface area contributed by atoms with E-state index in [0.717, 1.165) is 8.87 Å². The van der Waals surface area contributed by atoms with Gasteiger partial charge >= 0.3 is 114 Å². The van der Waals surface area contributed by atoms with E-state index in [1.165, 1.54) is 0 Å². The molecule has 17 heavy (non-hydrogen) atoms. The van der Waals surface area contributed by atoms with Crippen molar-refractivity contribution in [2.45, 2.75) is 36.6 Å². The van der Waals surface area contributed by atoms with Crippen molar-refractivity contribution in [2.24, 2.45) is 11.8 Å². The number of esters is 2. The first-order chi connectivity index (χ1) is 8.02. The Morgan fingerprint density at radius 1 is 0.941 bits per heavy atom. The average Bonchev–Trinajstić information content (AvgIpc) is 2.29. The van der Waals surface area contributed by atoms with Crippen LogP contribution in [-0.4, -0.2) is 46.3 Å². The Hall–Kier alpha value is -0.261. The second kappa shape index (κ2) is 9.74. The molecule has 0 aliphatic rings. The minimum absolute atomic E-state index is 0.0176. The van der Waals surface area contributed by atoms with Gasteiger partial charge in [0.05, 0.1) is 0 Å². The Kier molecular flexibility index (Phi) is 9.59. The van der Waals surface area contributed by atoms with E-state index in [1.54, 1.807) is 0 Å². The number of hydrogen-bond acceptors (Lipinski definition) is 4. The predicted molar refractivity (Wildman–Crippen MR) is 67.0 cm³/mol. The molecule has 0 saturated heterocycles. The van der Waals surface area contributed by atoms with E-state index in [1.807, 2.05) is 27.7 Å². The van der Waals surface area contributed by atoms with Crippen LogP contribution in [-0.2, 0) is 19.1 Å². The number of carbonyl (C=O) groups is 2. The van der Waals surface area contributed by atoms with Crippen molar-refractivity contribution < 1.29 is 19.1 Å². The molecule has 0 radical (unpaired) electrons. The first kappa shape index (κ1) is 16.7. The summed E-state index contributed by atoms with van der Waals surface area (Å²) in [5, 5.41) is 0. The Labute approximate surface area is 114 Å². The van der Waals surface area contributed by atoms with Crippen LogP contribution in [0, 0.1) is 11.8 Å². The van der Waals surface area contributed by atoms with Gasteiger partial charge in [-0.2, -0.15) is 0 Å². The van der Waals surface area contributed by atoms with Gasteiger partial charge in [-0.15, -0.1) is 0 Å². The molecular weight excluding hydrogens is 327 g/mol. The number of rotatable bonds is 8. The van der Waals surface area contributed by atoms with E-state index in [2.05, 4.69) is 0 Å². The molecule has 0 aromatic carbocycles. The molecule has 0 aromatic rings. The third kappa shape index (κ3) is 7.62. The predicted octanol–water partition coefficient (Wildman–Crippen LogP) is 1.93. The molecule has 0 aliphatic carbocycles. The van der Waals surface area contributed by atoms with Gasteiger partial charge in [-0.3, -0.25) is 0 Å². The molecule has 0 heterocycles. The van der Waals surface area contributed by atoms with Crippen LogP contribution in [0.4, 0.5) is 0 Å². The molecule has 0 aliphatic heterocycles. The number of hydrogen-bond donors (Lipinski definition) is 0. The first-order valence-electron chi connectivity index (χ1n) is 6.06. The molecular formula is C12H22O4Sn+2. The van der Waals surface area contributed by atoms with Crippen LogP contribution >= 0.6 is 0 Å². The summed E-state index contributed by atoms with van der Waals surface area (Å²) < 4.78 is 11.7. The molecule has 0 amide bonds. The third-order valence-electron chi connectivity index (χ3n) is 2.28. The quantitative estimate of drug-likeness (QED) is 0.496.